The molecule has 0 radical (unpaired) electrons. The molecule has 1 aliphatic carbocycles. The lowest BCUT2D eigenvalue weighted by molar-refractivity contribution is -0.274. The summed E-state index contributed by atoms with van der Waals surface area (Å²) in [4.78, 5) is 0. The van der Waals surface area contributed by atoms with Gasteiger partial charge in [0.05, 0.1) is 5.60 Å². The largest absolute Gasteiger partial charge is 0.573 e. The van der Waals surface area contributed by atoms with Crippen LogP contribution in [0.15, 0.2) is 18.2 Å². The van der Waals surface area contributed by atoms with Crippen LogP contribution in [0.1, 0.15) is 37.7 Å². The molecule has 0 amide bonds. The van der Waals surface area contributed by atoms with Gasteiger partial charge in [-0.2, -0.15) is 0 Å². The highest BCUT2D eigenvalue weighted by atomic mass is 19.4. The second-order valence-electron chi connectivity index (χ2n) is 4.78. The monoisotopic (exact) mass is 278 g/mol. The van der Waals surface area contributed by atoms with Gasteiger partial charge in [-0.05, 0) is 31.0 Å². The maximum absolute atomic E-state index is 13.7. The summed E-state index contributed by atoms with van der Waals surface area (Å²) in [5.74, 6) is -1.22. The Morgan fingerprint density at radius 2 is 1.74 bits per heavy atom. The van der Waals surface area contributed by atoms with Crippen LogP contribution in [-0.2, 0) is 5.60 Å². The number of hydrogen-bond acceptors (Lipinski definition) is 2. The van der Waals surface area contributed by atoms with Crippen LogP contribution in [-0.4, -0.2) is 11.5 Å². The lowest BCUT2D eigenvalue weighted by Gasteiger charge is -2.33. The van der Waals surface area contributed by atoms with Gasteiger partial charge in [0.15, 0.2) is 0 Å². The van der Waals surface area contributed by atoms with E-state index in [-0.39, 0.29) is 5.56 Å². The van der Waals surface area contributed by atoms with Crippen molar-refractivity contribution in [1.29, 1.82) is 0 Å². The highest BCUT2D eigenvalue weighted by Gasteiger charge is 2.36. The Hall–Kier alpha value is -1.30. The highest BCUT2D eigenvalue weighted by Crippen LogP contribution is 2.39. The average molecular weight is 278 g/mol. The predicted octanol–water partition coefficient (Wildman–Crippen LogP) is 3.88. The normalized spacial score (nSPS) is 19.2. The van der Waals surface area contributed by atoms with Gasteiger partial charge < -0.3 is 9.84 Å². The van der Waals surface area contributed by atoms with E-state index in [0.29, 0.717) is 12.8 Å². The molecule has 1 aliphatic rings. The molecule has 1 aromatic rings. The molecular weight excluding hydrogens is 264 g/mol. The molecule has 0 saturated heterocycles. The van der Waals surface area contributed by atoms with Gasteiger partial charge in [0.25, 0.3) is 0 Å². The zero-order valence-corrected chi connectivity index (χ0v) is 10.1. The van der Waals surface area contributed by atoms with Crippen LogP contribution in [0.3, 0.4) is 0 Å². The van der Waals surface area contributed by atoms with E-state index in [2.05, 4.69) is 4.74 Å². The summed E-state index contributed by atoms with van der Waals surface area (Å²) in [5, 5.41) is 10.4. The van der Waals surface area contributed by atoms with Gasteiger partial charge in [-0.15, -0.1) is 13.2 Å². The van der Waals surface area contributed by atoms with E-state index in [1.807, 2.05) is 0 Å². The first-order chi connectivity index (χ1) is 8.80. The lowest BCUT2D eigenvalue weighted by Crippen LogP contribution is -2.29. The maximum Gasteiger partial charge on any atom is 0.573 e. The Kier molecular flexibility index (Phi) is 3.71. The summed E-state index contributed by atoms with van der Waals surface area (Å²) in [6, 6.07) is 2.73. The van der Waals surface area contributed by atoms with Crippen LogP contribution in [0.25, 0.3) is 0 Å². The summed E-state index contributed by atoms with van der Waals surface area (Å²) < 4.78 is 53.9. The van der Waals surface area contributed by atoms with Crippen LogP contribution in [0, 0.1) is 5.82 Å². The molecule has 1 N–H and O–H groups in total. The van der Waals surface area contributed by atoms with Crippen molar-refractivity contribution in [2.45, 2.75) is 44.1 Å². The molecule has 0 unspecified atom stereocenters. The average Bonchev–Trinajstić information content (AvgIpc) is 2.31. The molecule has 1 fully saturated rings. The molecule has 19 heavy (non-hydrogen) atoms. The number of alkyl halides is 3. The first kappa shape index (κ1) is 14.1. The number of hydrogen-bond donors (Lipinski definition) is 1. The molecule has 6 heteroatoms. The van der Waals surface area contributed by atoms with Crippen molar-refractivity contribution in [2.24, 2.45) is 0 Å². The Bertz CT molecular complexity index is 450. The zero-order chi connectivity index (χ0) is 14.1. The first-order valence-corrected chi connectivity index (χ1v) is 6.08. The van der Waals surface area contributed by atoms with Gasteiger partial charge in [0, 0.05) is 5.56 Å². The second kappa shape index (κ2) is 5.00. The first-order valence-electron chi connectivity index (χ1n) is 6.08. The third-order valence-electron chi connectivity index (χ3n) is 3.35. The summed E-state index contributed by atoms with van der Waals surface area (Å²) in [5.41, 5.74) is -1.51. The van der Waals surface area contributed by atoms with Crippen molar-refractivity contribution >= 4 is 0 Å². The van der Waals surface area contributed by atoms with Gasteiger partial charge in [-0.25, -0.2) is 4.39 Å². The minimum atomic E-state index is -4.83. The molecule has 1 aromatic carbocycles. The van der Waals surface area contributed by atoms with Gasteiger partial charge >= 0.3 is 6.36 Å². The van der Waals surface area contributed by atoms with Gasteiger partial charge in [-0.1, -0.05) is 19.3 Å². The molecule has 2 nitrogen and oxygen atoms in total. The summed E-state index contributed by atoms with van der Waals surface area (Å²) in [7, 11) is 0. The molecule has 0 aromatic heterocycles. The maximum atomic E-state index is 13.7. The van der Waals surface area contributed by atoms with Gasteiger partial charge in [0.2, 0.25) is 0 Å². The molecule has 2 rings (SSSR count). The number of rotatable bonds is 2. The van der Waals surface area contributed by atoms with Crippen molar-refractivity contribution < 1.29 is 27.4 Å². The minimum Gasteiger partial charge on any atom is -0.406 e. The van der Waals surface area contributed by atoms with Crippen LogP contribution >= 0.6 is 0 Å². The van der Waals surface area contributed by atoms with Crippen LogP contribution in [0.2, 0.25) is 0 Å². The zero-order valence-electron chi connectivity index (χ0n) is 10.1. The molecule has 1 saturated carbocycles. The molecule has 0 spiro atoms. The van der Waals surface area contributed by atoms with Crippen LogP contribution in [0.4, 0.5) is 17.6 Å². The number of aliphatic hydroxyl groups is 1. The lowest BCUT2D eigenvalue weighted by atomic mass is 9.79. The Balaban J connectivity index is 2.31. The van der Waals surface area contributed by atoms with E-state index < -0.39 is 23.5 Å². The molecule has 0 atom stereocenters. The van der Waals surface area contributed by atoms with Crippen molar-refractivity contribution in [3.63, 3.8) is 0 Å². The standard InChI is InChI=1S/C13H14F4O2/c14-11-5-4-9(19-13(15,16)17)8-10(11)12(18)6-2-1-3-7-12/h4-5,8,18H,1-3,6-7H2. The van der Waals surface area contributed by atoms with Crippen molar-refractivity contribution in [3.8, 4) is 5.75 Å². The smallest absolute Gasteiger partial charge is 0.406 e. The van der Waals surface area contributed by atoms with Gasteiger partial charge in [0.1, 0.15) is 11.6 Å². The third kappa shape index (κ3) is 3.37. The SMILES string of the molecule is OC1(c2cc(OC(F)(F)F)ccc2F)CCCCC1. The second-order valence-corrected chi connectivity index (χ2v) is 4.78. The minimum absolute atomic E-state index is 0.117. The van der Waals surface area contributed by atoms with E-state index in [1.165, 1.54) is 0 Å². The number of benzene rings is 1. The molecule has 106 valence electrons. The van der Waals surface area contributed by atoms with E-state index in [4.69, 9.17) is 0 Å². The van der Waals surface area contributed by atoms with E-state index in [0.717, 1.165) is 37.5 Å². The number of ether oxygens (including phenoxy) is 1. The van der Waals surface area contributed by atoms with E-state index >= 15 is 0 Å². The van der Waals surface area contributed by atoms with Crippen LogP contribution in [0.5, 0.6) is 5.75 Å². The van der Waals surface area contributed by atoms with Crippen molar-refractivity contribution in [3.05, 3.63) is 29.6 Å². The third-order valence-corrected chi connectivity index (χ3v) is 3.35. The molecule has 0 heterocycles. The van der Waals surface area contributed by atoms with E-state index in [1.54, 1.807) is 0 Å². The predicted molar refractivity (Wildman–Crippen MR) is 60.1 cm³/mol. The molecule has 0 bridgehead atoms. The fourth-order valence-electron chi connectivity index (χ4n) is 2.46. The van der Waals surface area contributed by atoms with Crippen molar-refractivity contribution in [2.75, 3.05) is 0 Å². The summed E-state index contributed by atoms with van der Waals surface area (Å²) in [6.07, 6.45) is -1.76. The molecular formula is C13H14F4O2. The number of halogens is 4. The Morgan fingerprint density at radius 3 is 2.32 bits per heavy atom. The summed E-state index contributed by atoms with van der Waals surface area (Å²) in [6.45, 7) is 0. The summed E-state index contributed by atoms with van der Waals surface area (Å²) >= 11 is 0. The van der Waals surface area contributed by atoms with E-state index in [9.17, 15) is 22.7 Å². The van der Waals surface area contributed by atoms with Crippen LogP contribution < -0.4 is 4.74 Å². The van der Waals surface area contributed by atoms with Gasteiger partial charge in [-0.3, -0.25) is 0 Å². The highest BCUT2D eigenvalue weighted by molar-refractivity contribution is 5.34. The molecule has 0 aliphatic heterocycles. The quantitative estimate of drug-likeness (QED) is 0.832. The van der Waals surface area contributed by atoms with Crippen molar-refractivity contribution in [1.82, 2.24) is 0 Å². The Morgan fingerprint density at radius 1 is 1.11 bits per heavy atom. The topological polar surface area (TPSA) is 29.5 Å². The fourth-order valence-corrected chi connectivity index (χ4v) is 2.46. The Labute approximate surface area is 108 Å². The fraction of sp³-hybridized carbons (Fsp3) is 0.538.